The van der Waals surface area contributed by atoms with Crippen LogP contribution < -0.4 is 4.74 Å². The summed E-state index contributed by atoms with van der Waals surface area (Å²) in [6, 6.07) is 7.70. The summed E-state index contributed by atoms with van der Waals surface area (Å²) >= 11 is 1.79. The molecule has 0 aliphatic carbocycles. The van der Waals surface area contributed by atoms with Gasteiger partial charge in [-0.2, -0.15) is 11.8 Å². The molecule has 0 radical (unpaired) electrons. The van der Waals surface area contributed by atoms with Crippen molar-refractivity contribution in [2.45, 2.75) is 13.0 Å². The first-order chi connectivity index (χ1) is 8.58. The zero-order valence-electron chi connectivity index (χ0n) is 11.5. The van der Waals surface area contributed by atoms with E-state index < -0.39 is 0 Å². The average Bonchev–Trinajstić information content (AvgIpc) is 2.39. The highest BCUT2D eigenvalue weighted by Crippen LogP contribution is 2.14. The van der Waals surface area contributed by atoms with Crippen LogP contribution in [0.2, 0.25) is 0 Å². The van der Waals surface area contributed by atoms with Crippen molar-refractivity contribution >= 4 is 17.5 Å². The second-order valence-corrected chi connectivity index (χ2v) is 5.29. The minimum absolute atomic E-state index is 0.129. The molecule has 0 saturated carbocycles. The molecule has 100 valence electrons. The van der Waals surface area contributed by atoms with E-state index in [1.165, 1.54) is 0 Å². The fraction of sp³-hybridized carbons (Fsp3) is 0.500. The second kappa shape index (κ2) is 7.44. The summed E-state index contributed by atoms with van der Waals surface area (Å²) in [5, 5.41) is 0. The molecule has 1 unspecified atom stereocenters. The monoisotopic (exact) mass is 267 g/mol. The lowest BCUT2D eigenvalue weighted by molar-refractivity contribution is 0.0930. The van der Waals surface area contributed by atoms with Gasteiger partial charge in [-0.15, -0.1) is 0 Å². The predicted molar refractivity (Wildman–Crippen MR) is 77.8 cm³/mol. The number of hydrogen-bond acceptors (Lipinski definition) is 4. The van der Waals surface area contributed by atoms with Crippen LogP contribution in [0.4, 0.5) is 0 Å². The minimum Gasteiger partial charge on any atom is -0.497 e. The van der Waals surface area contributed by atoms with E-state index in [1.807, 2.05) is 25.2 Å². The molecule has 3 nitrogen and oxygen atoms in total. The van der Waals surface area contributed by atoms with Gasteiger partial charge in [0.2, 0.25) is 0 Å². The van der Waals surface area contributed by atoms with Gasteiger partial charge in [0.05, 0.1) is 13.7 Å². The zero-order chi connectivity index (χ0) is 13.5. The first kappa shape index (κ1) is 15.1. The molecule has 0 heterocycles. The van der Waals surface area contributed by atoms with Gasteiger partial charge >= 0.3 is 0 Å². The van der Waals surface area contributed by atoms with Crippen LogP contribution in [0.1, 0.15) is 17.3 Å². The van der Waals surface area contributed by atoms with E-state index in [0.717, 1.165) is 11.5 Å². The summed E-state index contributed by atoms with van der Waals surface area (Å²) in [6.45, 7) is 2.57. The van der Waals surface area contributed by atoms with Gasteiger partial charge in [-0.05, 0) is 32.4 Å². The maximum Gasteiger partial charge on any atom is 0.176 e. The van der Waals surface area contributed by atoms with E-state index in [4.69, 9.17) is 4.74 Å². The Kier molecular flexibility index (Phi) is 6.22. The molecular weight excluding hydrogens is 246 g/mol. The van der Waals surface area contributed by atoms with Crippen molar-refractivity contribution in [1.82, 2.24) is 4.90 Å². The van der Waals surface area contributed by atoms with Crippen LogP contribution in [-0.4, -0.2) is 49.4 Å². The van der Waals surface area contributed by atoms with E-state index in [9.17, 15) is 4.79 Å². The van der Waals surface area contributed by atoms with E-state index >= 15 is 0 Å². The van der Waals surface area contributed by atoms with Gasteiger partial charge in [0.15, 0.2) is 5.78 Å². The Bertz CT molecular complexity index is 395. The Morgan fingerprint density at radius 3 is 2.83 bits per heavy atom. The Labute approximate surface area is 114 Å². The fourth-order valence-corrected chi connectivity index (χ4v) is 2.38. The summed E-state index contributed by atoms with van der Waals surface area (Å²) in [6.07, 6.45) is 2.08. The zero-order valence-corrected chi connectivity index (χ0v) is 12.3. The number of thioether (sulfide) groups is 1. The molecule has 4 heteroatoms. The van der Waals surface area contributed by atoms with Crippen molar-refractivity contribution < 1.29 is 9.53 Å². The molecule has 1 aromatic rings. The standard InChI is InChI=1S/C14H21NO2S/c1-11(10-18-4)15(2)9-14(16)12-6-5-7-13(8-12)17-3/h5-8,11H,9-10H2,1-4H3. The summed E-state index contributed by atoms with van der Waals surface area (Å²) in [5.41, 5.74) is 0.706. The number of likely N-dealkylation sites (N-methyl/N-ethyl adjacent to an activating group) is 1. The smallest absolute Gasteiger partial charge is 0.176 e. The largest absolute Gasteiger partial charge is 0.497 e. The van der Waals surface area contributed by atoms with Crippen molar-refractivity contribution in [2.75, 3.05) is 32.7 Å². The molecule has 0 fully saturated rings. The van der Waals surface area contributed by atoms with Crippen molar-refractivity contribution in [1.29, 1.82) is 0 Å². The molecule has 0 aliphatic rings. The van der Waals surface area contributed by atoms with Crippen molar-refractivity contribution in [2.24, 2.45) is 0 Å². The predicted octanol–water partition coefficient (Wildman–Crippen LogP) is 2.56. The van der Waals surface area contributed by atoms with Gasteiger partial charge in [-0.1, -0.05) is 12.1 Å². The van der Waals surface area contributed by atoms with Gasteiger partial charge < -0.3 is 4.74 Å². The number of nitrogens with zero attached hydrogens (tertiary/aromatic N) is 1. The molecule has 0 amide bonds. The third-order valence-corrected chi connectivity index (χ3v) is 3.76. The Hall–Kier alpha value is -1.00. The maximum absolute atomic E-state index is 12.1. The summed E-state index contributed by atoms with van der Waals surface area (Å²) < 4.78 is 5.13. The quantitative estimate of drug-likeness (QED) is 0.710. The van der Waals surface area contributed by atoms with Crippen LogP contribution in [0, 0.1) is 0 Å². The highest BCUT2D eigenvalue weighted by molar-refractivity contribution is 7.98. The van der Waals surface area contributed by atoms with Gasteiger partial charge in [-0.3, -0.25) is 9.69 Å². The second-order valence-electron chi connectivity index (χ2n) is 4.37. The number of ether oxygens (including phenoxy) is 1. The molecule has 1 atom stereocenters. The number of benzene rings is 1. The fourth-order valence-electron chi connectivity index (χ4n) is 1.64. The topological polar surface area (TPSA) is 29.5 Å². The lowest BCUT2D eigenvalue weighted by Crippen LogP contribution is -2.35. The van der Waals surface area contributed by atoms with Crippen molar-refractivity contribution in [3.63, 3.8) is 0 Å². The van der Waals surface area contributed by atoms with Crippen LogP contribution in [0.3, 0.4) is 0 Å². The molecule has 1 aromatic carbocycles. The first-order valence-electron chi connectivity index (χ1n) is 5.95. The molecule has 0 aliphatic heterocycles. The van der Waals surface area contributed by atoms with Crippen LogP contribution in [0.5, 0.6) is 5.75 Å². The van der Waals surface area contributed by atoms with Crippen LogP contribution >= 0.6 is 11.8 Å². The highest BCUT2D eigenvalue weighted by Gasteiger charge is 2.14. The van der Waals surface area contributed by atoms with Crippen LogP contribution in [0.15, 0.2) is 24.3 Å². The third-order valence-electron chi connectivity index (χ3n) is 2.95. The number of carbonyl (C=O) groups is 1. The van der Waals surface area contributed by atoms with Gasteiger partial charge in [0.1, 0.15) is 5.75 Å². The molecule has 1 rings (SSSR count). The number of rotatable bonds is 7. The van der Waals surface area contributed by atoms with Crippen LogP contribution in [0.25, 0.3) is 0 Å². The summed E-state index contributed by atoms with van der Waals surface area (Å²) in [4.78, 5) is 14.2. The molecule has 0 N–H and O–H groups in total. The SMILES string of the molecule is COc1cccc(C(=O)CN(C)C(C)CSC)c1. The van der Waals surface area contributed by atoms with Gasteiger partial charge in [-0.25, -0.2) is 0 Å². The Balaban J connectivity index is 2.64. The van der Waals surface area contributed by atoms with E-state index in [2.05, 4.69) is 18.1 Å². The van der Waals surface area contributed by atoms with E-state index in [-0.39, 0.29) is 5.78 Å². The summed E-state index contributed by atoms with van der Waals surface area (Å²) in [5.74, 6) is 1.88. The number of methoxy groups -OCH3 is 1. The lowest BCUT2D eigenvalue weighted by Gasteiger charge is -2.23. The van der Waals surface area contributed by atoms with Crippen LogP contribution in [-0.2, 0) is 0 Å². The normalized spacial score (nSPS) is 12.5. The molecule has 18 heavy (non-hydrogen) atoms. The average molecular weight is 267 g/mol. The molecule has 0 saturated heterocycles. The number of ketones is 1. The highest BCUT2D eigenvalue weighted by atomic mass is 32.2. The van der Waals surface area contributed by atoms with Crippen molar-refractivity contribution in [3.8, 4) is 5.75 Å². The Morgan fingerprint density at radius 1 is 1.50 bits per heavy atom. The van der Waals surface area contributed by atoms with Gasteiger partial charge in [0, 0.05) is 17.4 Å². The first-order valence-corrected chi connectivity index (χ1v) is 7.34. The maximum atomic E-state index is 12.1. The molecular formula is C14H21NO2S. The molecule has 0 aromatic heterocycles. The van der Waals surface area contributed by atoms with Crippen molar-refractivity contribution in [3.05, 3.63) is 29.8 Å². The summed E-state index contributed by atoms with van der Waals surface area (Å²) in [7, 11) is 3.59. The lowest BCUT2D eigenvalue weighted by atomic mass is 10.1. The Morgan fingerprint density at radius 2 is 2.22 bits per heavy atom. The number of hydrogen-bond donors (Lipinski definition) is 0. The number of carbonyl (C=O) groups excluding carboxylic acids is 1. The van der Waals surface area contributed by atoms with Gasteiger partial charge in [0.25, 0.3) is 0 Å². The van der Waals surface area contributed by atoms with E-state index in [0.29, 0.717) is 18.2 Å². The third kappa shape index (κ3) is 4.35. The molecule has 0 spiro atoms. The molecule has 0 bridgehead atoms. The van der Waals surface area contributed by atoms with E-state index in [1.54, 1.807) is 24.9 Å². The minimum atomic E-state index is 0.129. The number of Topliss-reactive ketones (excluding diaryl/α,β-unsaturated/α-hetero) is 1.